The van der Waals surface area contributed by atoms with Gasteiger partial charge in [-0.15, -0.1) is 0 Å². The average molecular weight is 280 g/mol. The Morgan fingerprint density at radius 3 is 2.48 bits per heavy atom. The number of amides is 1. The molecular formula is C16H16N4O. The molecule has 0 spiro atoms. The molecule has 5 nitrogen and oxygen atoms in total. The van der Waals surface area contributed by atoms with Crippen molar-refractivity contribution < 1.29 is 4.79 Å². The van der Waals surface area contributed by atoms with Gasteiger partial charge in [0.1, 0.15) is 5.41 Å². The Bertz CT molecular complexity index is 733. The fraction of sp³-hybridized carbons (Fsp3) is 0.312. The molecule has 1 heterocycles. The van der Waals surface area contributed by atoms with E-state index in [0.717, 1.165) is 17.1 Å². The Hall–Kier alpha value is -2.61. The highest BCUT2D eigenvalue weighted by molar-refractivity contribution is 5.99. The molecule has 0 saturated heterocycles. The molecule has 0 bridgehead atoms. The Kier molecular flexibility index (Phi) is 3.02. The lowest BCUT2D eigenvalue weighted by Crippen LogP contribution is -2.22. The van der Waals surface area contributed by atoms with Crippen molar-refractivity contribution in [3.05, 3.63) is 42.0 Å². The van der Waals surface area contributed by atoms with Gasteiger partial charge in [-0.1, -0.05) is 0 Å². The van der Waals surface area contributed by atoms with Crippen molar-refractivity contribution >= 4 is 11.6 Å². The maximum Gasteiger partial charge on any atom is 0.244 e. The molecule has 3 rings (SSSR count). The lowest BCUT2D eigenvalue weighted by atomic mass is 10.1. The summed E-state index contributed by atoms with van der Waals surface area (Å²) in [6, 6.07) is 9.63. The highest BCUT2D eigenvalue weighted by Gasteiger charge is 2.50. The van der Waals surface area contributed by atoms with Gasteiger partial charge in [-0.3, -0.25) is 4.79 Å². The molecule has 0 atom stereocenters. The van der Waals surface area contributed by atoms with Gasteiger partial charge < -0.3 is 9.88 Å². The number of aromatic nitrogens is 2. The summed E-state index contributed by atoms with van der Waals surface area (Å²) in [4.78, 5) is 16.3. The zero-order chi connectivity index (χ0) is 15.0. The molecule has 1 amide bonds. The minimum atomic E-state index is -0.795. The number of hydrogen-bond donors (Lipinski definition) is 1. The molecule has 5 heteroatoms. The van der Waals surface area contributed by atoms with Crippen LogP contribution in [0.4, 0.5) is 5.69 Å². The number of nitriles is 1. The monoisotopic (exact) mass is 280 g/mol. The van der Waals surface area contributed by atoms with Crippen molar-refractivity contribution in [2.45, 2.75) is 26.7 Å². The van der Waals surface area contributed by atoms with Gasteiger partial charge in [0.25, 0.3) is 0 Å². The van der Waals surface area contributed by atoms with E-state index in [1.807, 2.05) is 42.7 Å². The van der Waals surface area contributed by atoms with Crippen LogP contribution >= 0.6 is 0 Å². The number of hydrogen-bond acceptors (Lipinski definition) is 3. The van der Waals surface area contributed by atoms with Crippen LogP contribution in [0.3, 0.4) is 0 Å². The molecule has 0 aliphatic heterocycles. The van der Waals surface area contributed by atoms with Crippen LogP contribution < -0.4 is 5.32 Å². The molecule has 106 valence electrons. The van der Waals surface area contributed by atoms with E-state index in [4.69, 9.17) is 5.26 Å². The highest BCUT2D eigenvalue weighted by atomic mass is 16.2. The second kappa shape index (κ2) is 4.74. The molecule has 1 aromatic carbocycles. The molecule has 0 unspecified atom stereocenters. The van der Waals surface area contributed by atoms with Crippen LogP contribution in [0.25, 0.3) is 5.69 Å². The van der Waals surface area contributed by atoms with E-state index in [1.165, 1.54) is 0 Å². The van der Waals surface area contributed by atoms with Crippen LogP contribution in [0.15, 0.2) is 30.6 Å². The molecule has 1 saturated carbocycles. The second-order valence-corrected chi connectivity index (χ2v) is 5.48. The molecule has 1 aliphatic carbocycles. The van der Waals surface area contributed by atoms with Crippen LogP contribution in [0, 0.1) is 30.6 Å². The normalized spacial score (nSPS) is 15.3. The van der Waals surface area contributed by atoms with Crippen LogP contribution in [-0.2, 0) is 4.79 Å². The van der Waals surface area contributed by atoms with Gasteiger partial charge in [0.05, 0.1) is 18.1 Å². The maximum atomic E-state index is 12.0. The first-order valence-corrected chi connectivity index (χ1v) is 6.89. The fourth-order valence-electron chi connectivity index (χ4n) is 2.23. The molecule has 21 heavy (non-hydrogen) atoms. The van der Waals surface area contributed by atoms with Gasteiger partial charge in [0.2, 0.25) is 5.91 Å². The predicted molar refractivity (Wildman–Crippen MR) is 78.9 cm³/mol. The summed E-state index contributed by atoms with van der Waals surface area (Å²) in [7, 11) is 0. The van der Waals surface area contributed by atoms with E-state index in [0.29, 0.717) is 18.5 Å². The van der Waals surface area contributed by atoms with E-state index in [9.17, 15) is 4.79 Å². The summed E-state index contributed by atoms with van der Waals surface area (Å²) in [5, 5.41) is 11.8. The molecule has 1 aromatic heterocycles. The maximum absolute atomic E-state index is 12.0. The number of aryl methyl sites for hydroxylation is 1. The Morgan fingerprint density at radius 1 is 1.33 bits per heavy atom. The van der Waals surface area contributed by atoms with E-state index in [1.54, 1.807) is 6.33 Å². The number of imidazole rings is 1. The summed E-state index contributed by atoms with van der Waals surface area (Å²) < 4.78 is 2.00. The van der Waals surface area contributed by atoms with E-state index in [2.05, 4.69) is 16.4 Å². The smallest absolute Gasteiger partial charge is 0.244 e. The Morgan fingerprint density at radius 2 is 2.00 bits per heavy atom. The summed E-state index contributed by atoms with van der Waals surface area (Å²) >= 11 is 0. The quantitative estimate of drug-likeness (QED) is 0.939. The number of carbonyl (C=O) groups excluding carboxylic acids is 1. The second-order valence-electron chi connectivity index (χ2n) is 5.48. The number of benzene rings is 1. The third-order valence-electron chi connectivity index (χ3n) is 4.05. The van der Waals surface area contributed by atoms with Gasteiger partial charge in [-0.2, -0.15) is 5.26 Å². The van der Waals surface area contributed by atoms with E-state index >= 15 is 0 Å². The molecule has 1 fully saturated rings. The number of rotatable bonds is 3. The minimum absolute atomic E-state index is 0.201. The topological polar surface area (TPSA) is 70.7 Å². The van der Waals surface area contributed by atoms with Crippen LogP contribution in [-0.4, -0.2) is 15.5 Å². The standard InChI is InChI=1S/C16H16N4O/c1-11-12(2)20(10-18-11)14-5-3-13(4-6-14)19-15(21)16(9-17)7-8-16/h3-6,10H,7-8H2,1-2H3,(H,19,21). The first-order valence-electron chi connectivity index (χ1n) is 6.89. The van der Waals surface area contributed by atoms with Crippen molar-refractivity contribution in [1.29, 1.82) is 5.26 Å². The third-order valence-corrected chi connectivity index (χ3v) is 4.05. The van der Waals surface area contributed by atoms with Crippen molar-refractivity contribution in [1.82, 2.24) is 9.55 Å². The Balaban J connectivity index is 1.77. The summed E-state index contributed by atoms with van der Waals surface area (Å²) in [6.07, 6.45) is 3.09. The van der Waals surface area contributed by atoms with Crippen molar-refractivity contribution in [2.75, 3.05) is 5.32 Å². The number of nitrogens with one attached hydrogen (secondary N) is 1. The summed E-state index contributed by atoms with van der Waals surface area (Å²) in [5.74, 6) is -0.201. The van der Waals surface area contributed by atoms with Crippen LogP contribution in [0.5, 0.6) is 0 Å². The molecule has 0 radical (unpaired) electrons. The van der Waals surface area contributed by atoms with Gasteiger partial charge in [-0.25, -0.2) is 4.98 Å². The zero-order valence-corrected chi connectivity index (χ0v) is 12.1. The number of carbonyl (C=O) groups is 1. The first kappa shape index (κ1) is 13.4. The van der Waals surface area contributed by atoms with Crippen LogP contribution in [0.2, 0.25) is 0 Å². The van der Waals surface area contributed by atoms with Gasteiger partial charge >= 0.3 is 0 Å². The zero-order valence-electron chi connectivity index (χ0n) is 12.1. The SMILES string of the molecule is Cc1ncn(-c2ccc(NC(=O)C3(C#N)CC3)cc2)c1C. The molecular weight excluding hydrogens is 264 g/mol. The number of anilines is 1. The van der Waals surface area contributed by atoms with Gasteiger partial charge in [-0.05, 0) is 51.0 Å². The minimum Gasteiger partial charge on any atom is -0.325 e. The van der Waals surface area contributed by atoms with Gasteiger partial charge in [0, 0.05) is 17.1 Å². The van der Waals surface area contributed by atoms with E-state index < -0.39 is 5.41 Å². The molecule has 2 aromatic rings. The Labute approximate surface area is 123 Å². The van der Waals surface area contributed by atoms with Crippen molar-refractivity contribution in [2.24, 2.45) is 5.41 Å². The molecule has 1 aliphatic rings. The largest absolute Gasteiger partial charge is 0.325 e. The van der Waals surface area contributed by atoms with Crippen molar-refractivity contribution in [3.63, 3.8) is 0 Å². The lowest BCUT2D eigenvalue weighted by molar-refractivity contribution is -0.119. The van der Waals surface area contributed by atoms with E-state index in [-0.39, 0.29) is 5.91 Å². The summed E-state index contributed by atoms with van der Waals surface area (Å²) in [6.45, 7) is 3.99. The third kappa shape index (κ3) is 2.29. The van der Waals surface area contributed by atoms with Crippen LogP contribution in [0.1, 0.15) is 24.2 Å². The predicted octanol–water partition coefficient (Wildman–Crippen LogP) is 2.73. The lowest BCUT2D eigenvalue weighted by Gasteiger charge is -2.10. The first-order chi connectivity index (χ1) is 10.1. The molecule has 1 N–H and O–H groups in total. The average Bonchev–Trinajstić information content (AvgIpc) is 3.23. The fourth-order valence-corrected chi connectivity index (χ4v) is 2.23. The van der Waals surface area contributed by atoms with Gasteiger partial charge in [0.15, 0.2) is 0 Å². The highest BCUT2D eigenvalue weighted by Crippen LogP contribution is 2.45. The van der Waals surface area contributed by atoms with Crippen molar-refractivity contribution in [3.8, 4) is 11.8 Å². The summed E-state index contributed by atoms with van der Waals surface area (Å²) in [5.41, 5.74) is 2.99. The number of nitrogens with zero attached hydrogens (tertiary/aromatic N) is 3.